The first-order chi connectivity index (χ1) is 11.1. The second-order valence-corrected chi connectivity index (χ2v) is 6.28. The van der Waals surface area contributed by atoms with Crippen LogP contribution in [0.3, 0.4) is 0 Å². The Hall–Kier alpha value is -1.53. The first kappa shape index (κ1) is 16.3. The lowest BCUT2D eigenvalue weighted by atomic mass is 10.0. The van der Waals surface area contributed by atoms with Gasteiger partial charge in [0.05, 0.1) is 0 Å². The van der Waals surface area contributed by atoms with Crippen molar-refractivity contribution in [3.05, 3.63) is 35.4 Å². The third-order valence-electron chi connectivity index (χ3n) is 4.52. The van der Waals surface area contributed by atoms with Crippen LogP contribution >= 0.6 is 0 Å². The van der Waals surface area contributed by atoms with Crippen LogP contribution in [0.15, 0.2) is 18.2 Å². The standard InChI is InChI=1S/C17H22F2N2O2/c18-14-5-1-6-15(19)13(14)11-21-8-2-4-12(10-21)20-17(22)16-7-3-9-23-16/h1,5-6,12,16H,2-4,7-11H2,(H,20,22)/t12-,16-/m0/s1. The molecule has 6 heteroatoms. The number of rotatable bonds is 4. The Kier molecular flexibility index (Phi) is 5.23. The van der Waals surface area contributed by atoms with Gasteiger partial charge in [-0.1, -0.05) is 6.07 Å². The summed E-state index contributed by atoms with van der Waals surface area (Å²) in [5.74, 6) is -1.10. The predicted octanol–water partition coefficient (Wildman–Crippen LogP) is 2.22. The lowest BCUT2D eigenvalue weighted by Gasteiger charge is -2.33. The Morgan fingerprint density at radius 2 is 2.04 bits per heavy atom. The van der Waals surface area contributed by atoms with Gasteiger partial charge in [-0.15, -0.1) is 0 Å². The van der Waals surface area contributed by atoms with Gasteiger partial charge in [0.25, 0.3) is 0 Å². The normalized spacial score (nSPS) is 25.5. The molecular formula is C17H22F2N2O2. The zero-order chi connectivity index (χ0) is 16.2. The number of halogens is 2. The van der Waals surface area contributed by atoms with E-state index in [0.29, 0.717) is 13.2 Å². The molecule has 2 fully saturated rings. The topological polar surface area (TPSA) is 41.6 Å². The van der Waals surface area contributed by atoms with Crippen LogP contribution in [-0.2, 0) is 16.1 Å². The monoisotopic (exact) mass is 324 g/mol. The first-order valence-electron chi connectivity index (χ1n) is 8.20. The van der Waals surface area contributed by atoms with Gasteiger partial charge in [-0.3, -0.25) is 9.69 Å². The van der Waals surface area contributed by atoms with Gasteiger partial charge in [-0.05, 0) is 44.4 Å². The van der Waals surface area contributed by atoms with E-state index in [1.165, 1.54) is 18.2 Å². The van der Waals surface area contributed by atoms with Crippen molar-refractivity contribution in [2.75, 3.05) is 19.7 Å². The average Bonchev–Trinajstić information content (AvgIpc) is 3.06. The van der Waals surface area contributed by atoms with Crippen molar-refractivity contribution < 1.29 is 18.3 Å². The van der Waals surface area contributed by atoms with Gasteiger partial charge in [-0.25, -0.2) is 8.78 Å². The maximum Gasteiger partial charge on any atom is 0.249 e. The number of nitrogens with zero attached hydrogens (tertiary/aromatic N) is 1. The smallest absolute Gasteiger partial charge is 0.249 e. The van der Waals surface area contributed by atoms with Gasteiger partial charge in [-0.2, -0.15) is 0 Å². The van der Waals surface area contributed by atoms with Gasteiger partial charge in [0, 0.05) is 31.3 Å². The number of hydrogen-bond donors (Lipinski definition) is 1. The highest BCUT2D eigenvalue weighted by molar-refractivity contribution is 5.81. The number of ether oxygens (including phenoxy) is 1. The summed E-state index contributed by atoms with van der Waals surface area (Å²) in [7, 11) is 0. The Labute approximate surface area is 134 Å². The molecule has 0 aromatic heterocycles. The second kappa shape index (κ2) is 7.36. The molecule has 2 aliphatic rings. The zero-order valence-electron chi connectivity index (χ0n) is 13.1. The molecule has 3 rings (SSSR count). The molecule has 0 bridgehead atoms. The summed E-state index contributed by atoms with van der Waals surface area (Å²) in [5, 5.41) is 3.01. The van der Waals surface area contributed by atoms with Gasteiger partial charge < -0.3 is 10.1 Å². The van der Waals surface area contributed by atoms with E-state index in [1.807, 2.05) is 4.90 Å². The SMILES string of the molecule is O=C(N[C@H]1CCCN(Cc2c(F)cccc2F)C1)[C@@H]1CCCO1. The van der Waals surface area contributed by atoms with Crippen molar-refractivity contribution in [3.63, 3.8) is 0 Å². The highest BCUT2D eigenvalue weighted by Gasteiger charge is 2.28. The zero-order valence-corrected chi connectivity index (χ0v) is 13.1. The highest BCUT2D eigenvalue weighted by atomic mass is 19.1. The molecule has 1 N–H and O–H groups in total. The largest absolute Gasteiger partial charge is 0.368 e. The molecule has 2 atom stereocenters. The summed E-state index contributed by atoms with van der Waals surface area (Å²) in [5.41, 5.74) is 0.0959. The number of hydrogen-bond acceptors (Lipinski definition) is 3. The number of nitrogens with one attached hydrogen (secondary N) is 1. The van der Waals surface area contributed by atoms with Crippen LogP contribution in [0.4, 0.5) is 8.78 Å². The Morgan fingerprint density at radius 3 is 2.74 bits per heavy atom. The van der Waals surface area contributed by atoms with Crippen molar-refractivity contribution in [2.45, 2.75) is 44.4 Å². The Morgan fingerprint density at radius 1 is 1.26 bits per heavy atom. The van der Waals surface area contributed by atoms with E-state index in [1.54, 1.807) is 0 Å². The van der Waals surface area contributed by atoms with E-state index in [-0.39, 0.29) is 30.2 Å². The predicted molar refractivity (Wildman–Crippen MR) is 81.8 cm³/mol. The van der Waals surface area contributed by atoms with Crippen LogP contribution in [-0.4, -0.2) is 42.6 Å². The van der Waals surface area contributed by atoms with Crippen molar-refractivity contribution in [3.8, 4) is 0 Å². The highest BCUT2D eigenvalue weighted by Crippen LogP contribution is 2.19. The first-order valence-corrected chi connectivity index (χ1v) is 8.20. The maximum atomic E-state index is 13.8. The minimum atomic E-state index is -0.518. The van der Waals surface area contributed by atoms with Gasteiger partial charge in [0.1, 0.15) is 17.7 Å². The van der Waals surface area contributed by atoms with Gasteiger partial charge in [0.2, 0.25) is 5.91 Å². The number of carbonyl (C=O) groups is 1. The third kappa shape index (κ3) is 4.06. The Balaban J connectivity index is 1.56. The minimum Gasteiger partial charge on any atom is -0.368 e. The van der Waals surface area contributed by atoms with Crippen LogP contribution in [0, 0.1) is 11.6 Å². The molecule has 2 heterocycles. The van der Waals surface area contributed by atoms with E-state index in [2.05, 4.69) is 5.32 Å². The summed E-state index contributed by atoms with van der Waals surface area (Å²) in [6.07, 6.45) is 3.13. The maximum absolute atomic E-state index is 13.8. The fraction of sp³-hybridized carbons (Fsp3) is 0.588. The molecule has 0 aliphatic carbocycles. The molecule has 2 saturated heterocycles. The molecule has 0 spiro atoms. The number of likely N-dealkylation sites (tertiary alicyclic amines) is 1. The lowest BCUT2D eigenvalue weighted by molar-refractivity contribution is -0.131. The van der Waals surface area contributed by atoms with Crippen LogP contribution in [0.5, 0.6) is 0 Å². The van der Waals surface area contributed by atoms with E-state index in [4.69, 9.17) is 4.74 Å². The molecule has 1 aromatic rings. The molecule has 0 unspecified atom stereocenters. The van der Waals surface area contributed by atoms with Crippen LogP contribution in [0.2, 0.25) is 0 Å². The molecule has 1 aromatic carbocycles. The van der Waals surface area contributed by atoms with Crippen molar-refractivity contribution in [2.24, 2.45) is 0 Å². The van der Waals surface area contributed by atoms with Gasteiger partial charge in [0.15, 0.2) is 0 Å². The summed E-state index contributed by atoms with van der Waals surface area (Å²) in [4.78, 5) is 14.1. The number of carbonyl (C=O) groups excluding carboxylic acids is 1. The molecule has 4 nitrogen and oxygen atoms in total. The van der Waals surface area contributed by atoms with Crippen molar-refractivity contribution in [1.82, 2.24) is 10.2 Å². The van der Waals surface area contributed by atoms with Crippen molar-refractivity contribution >= 4 is 5.91 Å². The second-order valence-electron chi connectivity index (χ2n) is 6.28. The molecule has 23 heavy (non-hydrogen) atoms. The van der Waals surface area contributed by atoms with E-state index < -0.39 is 11.6 Å². The average molecular weight is 324 g/mol. The lowest BCUT2D eigenvalue weighted by Crippen LogP contribution is -2.49. The number of piperidine rings is 1. The van der Waals surface area contributed by atoms with E-state index in [0.717, 1.165) is 32.2 Å². The molecule has 2 aliphatic heterocycles. The number of benzene rings is 1. The summed E-state index contributed by atoms with van der Waals surface area (Å²) >= 11 is 0. The summed E-state index contributed by atoms with van der Waals surface area (Å²) in [6, 6.07) is 3.93. The van der Waals surface area contributed by atoms with Crippen LogP contribution in [0.25, 0.3) is 0 Å². The fourth-order valence-electron chi connectivity index (χ4n) is 3.30. The van der Waals surface area contributed by atoms with E-state index in [9.17, 15) is 13.6 Å². The molecule has 0 saturated carbocycles. The summed E-state index contributed by atoms with van der Waals surface area (Å²) < 4.78 is 32.9. The van der Waals surface area contributed by atoms with Crippen LogP contribution in [0.1, 0.15) is 31.2 Å². The molecule has 0 radical (unpaired) electrons. The quantitative estimate of drug-likeness (QED) is 0.923. The fourth-order valence-corrected chi connectivity index (χ4v) is 3.30. The molecule has 126 valence electrons. The Bertz CT molecular complexity index is 541. The van der Waals surface area contributed by atoms with Crippen LogP contribution < -0.4 is 5.32 Å². The van der Waals surface area contributed by atoms with E-state index >= 15 is 0 Å². The molecule has 1 amide bonds. The molecular weight excluding hydrogens is 302 g/mol. The minimum absolute atomic E-state index is 0.00952. The summed E-state index contributed by atoms with van der Waals surface area (Å²) in [6.45, 7) is 2.25. The third-order valence-corrected chi connectivity index (χ3v) is 4.52. The van der Waals surface area contributed by atoms with Crippen molar-refractivity contribution in [1.29, 1.82) is 0 Å². The number of amides is 1. The van der Waals surface area contributed by atoms with Gasteiger partial charge >= 0.3 is 0 Å².